The molecular weight excluding hydrogens is 254 g/mol. The van der Waals surface area contributed by atoms with E-state index in [1.807, 2.05) is 39.1 Å². The molecule has 0 bridgehead atoms. The first-order valence-corrected chi connectivity index (χ1v) is 7.07. The van der Waals surface area contributed by atoms with Gasteiger partial charge in [-0.15, -0.1) is 0 Å². The number of hydrogen-bond donors (Lipinski definition) is 3. The standard InChI is InChI=1S/C15H25N3O2/c1-4-15(3,8-10-19)18-14(20)16-9-7-13-6-5-12(2)17-11-13/h5-6,11,19H,4,7-10H2,1-3H3,(H2,16,18,20). The number of carbonyl (C=O) groups excluding carboxylic acids is 1. The summed E-state index contributed by atoms with van der Waals surface area (Å²) < 4.78 is 0. The summed E-state index contributed by atoms with van der Waals surface area (Å²) in [4.78, 5) is 16.0. The highest BCUT2D eigenvalue weighted by Crippen LogP contribution is 2.13. The first-order chi connectivity index (χ1) is 9.49. The maximum absolute atomic E-state index is 11.8. The van der Waals surface area contributed by atoms with Crippen molar-refractivity contribution in [3.63, 3.8) is 0 Å². The predicted octanol–water partition coefficient (Wildman–Crippen LogP) is 1.78. The molecule has 2 amide bonds. The van der Waals surface area contributed by atoms with Crippen molar-refractivity contribution >= 4 is 6.03 Å². The maximum Gasteiger partial charge on any atom is 0.315 e. The van der Waals surface area contributed by atoms with Gasteiger partial charge in [-0.25, -0.2) is 4.79 Å². The van der Waals surface area contributed by atoms with E-state index in [2.05, 4.69) is 15.6 Å². The van der Waals surface area contributed by atoms with Gasteiger partial charge in [-0.1, -0.05) is 13.0 Å². The van der Waals surface area contributed by atoms with Crippen molar-refractivity contribution in [3.05, 3.63) is 29.6 Å². The van der Waals surface area contributed by atoms with E-state index < -0.39 is 0 Å². The van der Waals surface area contributed by atoms with Gasteiger partial charge in [0.05, 0.1) is 0 Å². The highest BCUT2D eigenvalue weighted by Gasteiger charge is 2.23. The van der Waals surface area contributed by atoms with Gasteiger partial charge in [-0.2, -0.15) is 0 Å². The van der Waals surface area contributed by atoms with Crippen molar-refractivity contribution in [2.75, 3.05) is 13.2 Å². The smallest absolute Gasteiger partial charge is 0.315 e. The molecule has 1 aromatic rings. The predicted molar refractivity (Wildman–Crippen MR) is 79.6 cm³/mol. The molecule has 0 radical (unpaired) electrons. The Balaban J connectivity index is 2.34. The van der Waals surface area contributed by atoms with Gasteiger partial charge >= 0.3 is 6.03 Å². The Kier molecular flexibility index (Phi) is 6.45. The molecule has 0 saturated carbocycles. The zero-order valence-electron chi connectivity index (χ0n) is 12.6. The number of carbonyl (C=O) groups is 1. The first-order valence-electron chi connectivity index (χ1n) is 7.07. The van der Waals surface area contributed by atoms with Crippen molar-refractivity contribution in [2.45, 2.75) is 45.6 Å². The fourth-order valence-corrected chi connectivity index (χ4v) is 1.86. The van der Waals surface area contributed by atoms with Crippen molar-refractivity contribution in [3.8, 4) is 0 Å². The molecule has 1 rings (SSSR count). The lowest BCUT2D eigenvalue weighted by atomic mass is 9.95. The van der Waals surface area contributed by atoms with Gasteiger partial charge < -0.3 is 15.7 Å². The van der Waals surface area contributed by atoms with Crippen LogP contribution >= 0.6 is 0 Å². The highest BCUT2D eigenvalue weighted by atomic mass is 16.3. The summed E-state index contributed by atoms with van der Waals surface area (Å²) in [5.41, 5.74) is 1.73. The summed E-state index contributed by atoms with van der Waals surface area (Å²) >= 11 is 0. The highest BCUT2D eigenvalue weighted by molar-refractivity contribution is 5.74. The number of amides is 2. The molecule has 0 aliphatic rings. The molecule has 1 unspecified atom stereocenters. The second-order valence-electron chi connectivity index (χ2n) is 5.33. The SMILES string of the molecule is CCC(C)(CCO)NC(=O)NCCc1ccc(C)nc1. The topological polar surface area (TPSA) is 74.2 Å². The number of urea groups is 1. The summed E-state index contributed by atoms with van der Waals surface area (Å²) in [6.45, 7) is 6.51. The van der Waals surface area contributed by atoms with Gasteiger partial charge in [-0.3, -0.25) is 4.98 Å². The molecule has 5 nitrogen and oxygen atoms in total. The monoisotopic (exact) mass is 279 g/mol. The van der Waals surface area contributed by atoms with E-state index in [9.17, 15) is 4.79 Å². The first kappa shape index (κ1) is 16.4. The van der Waals surface area contributed by atoms with Gasteiger partial charge in [0.1, 0.15) is 0 Å². The van der Waals surface area contributed by atoms with E-state index in [0.717, 1.165) is 24.1 Å². The van der Waals surface area contributed by atoms with Crippen LogP contribution in [0.2, 0.25) is 0 Å². The van der Waals surface area contributed by atoms with Crippen LogP contribution in [-0.2, 0) is 6.42 Å². The lowest BCUT2D eigenvalue weighted by Gasteiger charge is -2.29. The van der Waals surface area contributed by atoms with Crippen LogP contribution in [0.5, 0.6) is 0 Å². The minimum Gasteiger partial charge on any atom is -0.396 e. The lowest BCUT2D eigenvalue weighted by Crippen LogP contribution is -2.50. The summed E-state index contributed by atoms with van der Waals surface area (Å²) in [7, 11) is 0. The van der Waals surface area contributed by atoms with Gasteiger partial charge in [0.25, 0.3) is 0 Å². The number of nitrogens with one attached hydrogen (secondary N) is 2. The molecule has 0 aliphatic carbocycles. The van der Waals surface area contributed by atoms with E-state index in [-0.39, 0.29) is 18.2 Å². The molecule has 0 saturated heterocycles. The van der Waals surface area contributed by atoms with Gasteiger partial charge in [0.15, 0.2) is 0 Å². The van der Waals surface area contributed by atoms with Crippen LogP contribution in [0.1, 0.15) is 37.9 Å². The second-order valence-corrected chi connectivity index (χ2v) is 5.33. The van der Waals surface area contributed by atoms with Crippen LogP contribution in [0.4, 0.5) is 4.79 Å². The largest absolute Gasteiger partial charge is 0.396 e. The third kappa shape index (κ3) is 5.57. The normalized spacial score (nSPS) is 13.6. The number of rotatable bonds is 7. The second kappa shape index (κ2) is 7.85. The van der Waals surface area contributed by atoms with Gasteiger partial charge in [0.2, 0.25) is 0 Å². The molecule has 20 heavy (non-hydrogen) atoms. The fraction of sp³-hybridized carbons (Fsp3) is 0.600. The Labute approximate surface area is 120 Å². The number of aromatic nitrogens is 1. The maximum atomic E-state index is 11.8. The zero-order chi connectivity index (χ0) is 15.0. The van der Waals surface area contributed by atoms with Crippen molar-refractivity contribution in [1.29, 1.82) is 0 Å². The fourth-order valence-electron chi connectivity index (χ4n) is 1.86. The average Bonchev–Trinajstić information content (AvgIpc) is 2.41. The van der Waals surface area contributed by atoms with Crippen LogP contribution in [0, 0.1) is 6.92 Å². The number of pyridine rings is 1. The van der Waals surface area contributed by atoms with Crippen molar-refractivity contribution < 1.29 is 9.90 Å². The van der Waals surface area contributed by atoms with Gasteiger partial charge in [0, 0.05) is 30.6 Å². The van der Waals surface area contributed by atoms with Gasteiger partial charge in [-0.05, 0) is 44.7 Å². The number of nitrogens with zero attached hydrogens (tertiary/aromatic N) is 1. The molecule has 1 atom stereocenters. The van der Waals surface area contributed by atoms with E-state index in [4.69, 9.17) is 5.11 Å². The molecule has 1 heterocycles. The van der Waals surface area contributed by atoms with E-state index >= 15 is 0 Å². The summed E-state index contributed by atoms with van der Waals surface area (Å²) in [5, 5.41) is 14.8. The average molecular weight is 279 g/mol. The minimum atomic E-state index is -0.357. The van der Waals surface area contributed by atoms with Crippen molar-refractivity contribution in [1.82, 2.24) is 15.6 Å². The zero-order valence-corrected chi connectivity index (χ0v) is 12.6. The van der Waals surface area contributed by atoms with E-state index in [1.54, 1.807) is 0 Å². The molecule has 0 fully saturated rings. The van der Waals surface area contributed by atoms with Crippen LogP contribution in [0.3, 0.4) is 0 Å². The van der Waals surface area contributed by atoms with Crippen LogP contribution in [0.15, 0.2) is 18.3 Å². The Morgan fingerprint density at radius 3 is 2.75 bits per heavy atom. The summed E-state index contributed by atoms with van der Waals surface area (Å²) in [5.74, 6) is 0. The minimum absolute atomic E-state index is 0.0691. The molecule has 3 N–H and O–H groups in total. The number of aryl methyl sites for hydroxylation is 1. The van der Waals surface area contributed by atoms with Crippen LogP contribution < -0.4 is 10.6 Å². The number of hydrogen-bond acceptors (Lipinski definition) is 3. The van der Waals surface area contributed by atoms with Crippen LogP contribution in [-0.4, -0.2) is 34.8 Å². The molecule has 5 heteroatoms. The number of aliphatic hydroxyl groups is 1. The third-order valence-corrected chi connectivity index (χ3v) is 3.53. The van der Waals surface area contributed by atoms with Crippen molar-refractivity contribution in [2.24, 2.45) is 0 Å². The molecule has 1 aromatic heterocycles. The Bertz CT molecular complexity index is 420. The molecule has 0 aliphatic heterocycles. The molecular formula is C15H25N3O2. The number of aliphatic hydroxyl groups excluding tert-OH is 1. The summed E-state index contributed by atoms with van der Waals surface area (Å²) in [6.07, 6.45) is 3.92. The lowest BCUT2D eigenvalue weighted by molar-refractivity contribution is 0.201. The quantitative estimate of drug-likeness (QED) is 0.712. The Hall–Kier alpha value is -1.62. The molecule has 112 valence electrons. The molecule has 0 spiro atoms. The van der Waals surface area contributed by atoms with E-state index in [1.165, 1.54) is 0 Å². The Morgan fingerprint density at radius 2 is 2.20 bits per heavy atom. The summed E-state index contributed by atoms with van der Waals surface area (Å²) in [6, 6.07) is 3.79. The third-order valence-electron chi connectivity index (χ3n) is 3.53. The Morgan fingerprint density at radius 1 is 1.45 bits per heavy atom. The van der Waals surface area contributed by atoms with Crippen LogP contribution in [0.25, 0.3) is 0 Å². The van der Waals surface area contributed by atoms with E-state index in [0.29, 0.717) is 13.0 Å². The molecule has 0 aromatic carbocycles.